The van der Waals surface area contributed by atoms with Gasteiger partial charge >= 0.3 is 6.03 Å². The lowest BCUT2D eigenvalue weighted by Crippen LogP contribution is -2.28. The third-order valence-electron chi connectivity index (χ3n) is 3.65. The van der Waals surface area contributed by atoms with Gasteiger partial charge in [0.25, 0.3) is 5.89 Å². The van der Waals surface area contributed by atoms with E-state index >= 15 is 0 Å². The third kappa shape index (κ3) is 4.62. The van der Waals surface area contributed by atoms with Gasteiger partial charge in [0, 0.05) is 19.1 Å². The fourth-order valence-corrected chi connectivity index (χ4v) is 2.32. The third-order valence-corrected chi connectivity index (χ3v) is 3.65. The van der Waals surface area contributed by atoms with Crippen molar-refractivity contribution in [1.29, 1.82) is 0 Å². The number of hydrogen-bond acceptors (Lipinski definition) is 9. The number of aryl methyl sites for hydroxylation is 1. The predicted molar refractivity (Wildman–Crippen MR) is 96.5 cm³/mol. The van der Waals surface area contributed by atoms with Crippen LogP contribution in [0.1, 0.15) is 24.5 Å². The Hall–Kier alpha value is -3.47. The minimum absolute atomic E-state index is 0.0879. The summed E-state index contributed by atoms with van der Waals surface area (Å²) in [4.78, 5) is 16.3. The molecule has 2 aromatic heterocycles. The Balaban J connectivity index is 1.67. The Kier molecular flexibility index (Phi) is 6.17. The summed E-state index contributed by atoms with van der Waals surface area (Å²) in [7, 11) is 3.03. The smallest absolute Gasteiger partial charge is 0.319 e. The molecule has 11 nitrogen and oxygen atoms in total. The Bertz CT molecular complexity index is 938. The summed E-state index contributed by atoms with van der Waals surface area (Å²) < 4.78 is 20.7. The Morgan fingerprint density at radius 3 is 2.79 bits per heavy atom. The molecule has 0 aliphatic rings. The van der Waals surface area contributed by atoms with Gasteiger partial charge in [-0.05, 0) is 18.2 Å². The van der Waals surface area contributed by atoms with Crippen molar-refractivity contribution in [2.24, 2.45) is 0 Å². The standard InChI is InChI=1S/C17H20N6O5/c1-4-14-21-22-16(27-14)10-5-6-12(26-3)11(7-10)19-17(24)18-8-13-20-15(9-25-2)28-23-13/h5-7H,4,8-9H2,1-3H3,(H2,18,19,24). The van der Waals surface area contributed by atoms with Crippen molar-refractivity contribution in [3.63, 3.8) is 0 Å². The summed E-state index contributed by atoms with van der Waals surface area (Å²) in [5.74, 6) is 2.04. The molecule has 148 valence electrons. The van der Waals surface area contributed by atoms with Crippen LogP contribution in [0.3, 0.4) is 0 Å². The maximum absolute atomic E-state index is 12.2. The quantitative estimate of drug-likeness (QED) is 0.594. The van der Waals surface area contributed by atoms with Crippen LogP contribution in [0.15, 0.2) is 27.1 Å². The van der Waals surface area contributed by atoms with Gasteiger partial charge in [-0.25, -0.2) is 4.79 Å². The summed E-state index contributed by atoms with van der Waals surface area (Å²) in [6.45, 7) is 2.22. The number of benzene rings is 1. The summed E-state index contributed by atoms with van der Waals surface area (Å²) in [6.07, 6.45) is 0.638. The van der Waals surface area contributed by atoms with Crippen LogP contribution in [0.4, 0.5) is 10.5 Å². The number of nitrogens with zero attached hydrogens (tertiary/aromatic N) is 4. The van der Waals surface area contributed by atoms with Gasteiger partial charge in [0.1, 0.15) is 12.4 Å². The van der Waals surface area contributed by atoms with E-state index in [2.05, 4.69) is 31.0 Å². The zero-order valence-electron chi connectivity index (χ0n) is 15.7. The summed E-state index contributed by atoms with van der Waals surface area (Å²) in [6, 6.07) is 4.70. The molecular formula is C17H20N6O5. The van der Waals surface area contributed by atoms with E-state index in [-0.39, 0.29) is 13.2 Å². The highest BCUT2D eigenvalue weighted by atomic mass is 16.5. The first-order valence-electron chi connectivity index (χ1n) is 8.49. The molecule has 28 heavy (non-hydrogen) atoms. The average molecular weight is 388 g/mol. The SMILES string of the molecule is CCc1nnc(-c2ccc(OC)c(NC(=O)NCc3noc(COC)n3)c2)o1. The van der Waals surface area contributed by atoms with E-state index in [1.54, 1.807) is 18.2 Å². The minimum atomic E-state index is -0.465. The molecule has 0 radical (unpaired) electrons. The van der Waals surface area contributed by atoms with Gasteiger partial charge in [0.15, 0.2) is 5.82 Å². The normalized spacial score (nSPS) is 10.7. The number of rotatable bonds is 8. The highest BCUT2D eigenvalue weighted by Gasteiger charge is 2.14. The van der Waals surface area contributed by atoms with Crippen molar-refractivity contribution >= 4 is 11.7 Å². The van der Waals surface area contributed by atoms with Gasteiger partial charge in [-0.1, -0.05) is 12.1 Å². The number of nitrogens with one attached hydrogen (secondary N) is 2. The van der Waals surface area contributed by atoms with Crippen molar-refractivity contribution in [1.82, 2.24) is 25.7 Å². The molecule has 0 bridgehead atoms. The summed E-state index contributed by atoms with van der Waals surface area (Å²) in [5.41, 5.74) is 1.10. The number of carbonyl (C=O) groups excluding carboxylic acids is 1. The number of methoxy groups -OCH3 is 2. The second-order valence-electron chi connectivity index (χ2n) is 5.61. The molecule has 2 amide bonds. The Morgan fingerprint density at radius 1 is 1.21 bits per heavy atom. The first kappa shape index (κ1) is 19.3. The van der Waals surface area contributed by atoms with Gasteiger partial charge in [0.05, 0.1) is 19.3 Å². The second kappa shape index (κ2) is 8.95. The molecule has 0 aliphatic carbocycles. The predicted octanol–water partition coefficient (Wildman–Crippen LogP) is 2.16. The zero-order chi connectivity index (χ0) is 19.9. The maximum atomic E-state index is 12.2. The zero-order valence-corrected chi connectivity index (χ0v) is 15.7. The molecule has 0 atom stereocenters. The first-order chi connectivity index (χ1) is 13.6. The van der Waals surface area contributed by atoms with Crippen LogP contribution in [-0.4, -0.2) is 40.6 Å². The van der Waals surface area contributed by atoms with Gasteiger partial charge < -0.3 is 29.0 Å². The average Bonchev–Trinajstić information content (AvgIpc) is 3.36. The van der Waals surface area contributed by atoms with Gasteiger partial charge in [-0.3, -0.25) is 0 Å². The fourth-order valence-electron chi connectivity index (χ4n) is 2.32. The van der Waals surface area contributed by atoms with Crippen LogP contribution in [0.25, 0.3) is 11.5 Å². The minimum Gasteiger partial charge on any atom is -0.495 e. The molecule has 2 N–H and O–H groups in total. The lowest BCUT2D eigenvalue weighted by atomic mass is 10.2. The molecule has 0 saturated carbocycles. The topological polar surface area (TPSA) is 137 Å². The number of ether oxygens (including phenoxy) is 2. The maximum Gasteiger partial charge on any atom is 0.319 e. The van der Waals surface area contributed by atoms with E-state index < -0.39 is 6.03 Å². The lowest BCUT2D eigenvalue weighted by molar-refractivity contribution is 0.151. The van der Waals surface area contributed by atoms with Gasteiger partial charge in [0.2, 0.25) is 11.8 Å². The van der Waals surface area contributed by atoms with Crippen LogP contribution >= 0.6 is 0 Å². The largest absolute Gasteiger partial charge is 0.495 e. The number of anilines is 1. The highest BCUT2D eigenvalue weighted by molar-refractivity contribution is 5.91. The molecule has 0 fully saturated rings. The molecule has 3 aromatic rings. The van der Waals surface area contributed by atoms with Crippen molar-refractivity contribution in [2.45, 2.75) is 26.5 Å². The van der Waals surface area contributed by atoms with Crippen LogP contribution < -0.4 is 15.4 Å². The molecule has 3 rings (SSSR count). The number of hydrogen-bond donors (Lipinski definition) is 2. The van der Waals surface area contributed by atoms with E-state index in [0.29, 0.717) is 46.9 Å². The second-order valence-corrected chi connectivity index (χ2v) is 5.61. The fraction of sp³-hybridized carbons (Fsp3) is 0.353. The van der Waals surface area contributed by atoms with Crippen LogP contribution in [0, 0.1) is 0 Å². The lowest BCUT2D eigenvalue weighted by Gasteiger charge is -2.11. The number of aromatic nitrogens is 4. The summed E-state index contributed by atoms with van der Waals surface area (Å²) >= 11 is 0. The molecule has 0 saturated heterocycles. The Labute approximate surface area is 160 Å². The summed E-state index contributed by atoms with van der Waals surface area (Å²) in [5, 5.41) is 17.1. The molecular weight excluding hydrogens is 368 g/mol. The molecule has 2 heterocycles. The highest BCUT2D eigenvalue weighted by Crippen LogP contribution is 2.30. The number of carbonyl (C=O) groups is 1. The van der Waals surface area contributed by atoms with E-state index in [1.165, 1.54) is 14.2 Å². The van der Waals surface area contributed by atoms with Crippen molar-refractivity contribution in [3.05, 3.63) is 35.8 Å². The molecule has 1 aromatic carbocycles. The van der Waals surface area contributed by atoms with Crippen molar-refractivity contribution in [3.8, 4) is 17.2 Å². The number of urea groups is 1. The van der Waals surface area contributed by atoms with E-state index in [9.17, 15) is 4.79 Å². The van der Waals surface area contributed by atoms with E-state index in [1.807, 2.05) is 6.92 Å². The molecule has 0 spiro atoms. The van der Waals surface area contributed by atoms with Gasteiger partial charge in [-0.15, -0.1) is 10.2 Å². The van der Waals surface area contributed by atoms with Crippen LogP contribution in [0.2, 0.25) is 0 Å². The van der Waals surface area contributed by atoms with E-state index in [4.69, 9.17) is 18.4 Å². The number of amides is 2. The monoisotopic (exact) mass is 388 g/mol. The van der Waals surface area contributed by atoms with E-state index in [0.717, 1.165) is 0 Å². The van der Waals surface area contributed by atoms with Gasteiger partial charge in [-0.2, -0.15) is 4.98 Å². The van der Waals surface area contributed by atoms with Crippen molar-refractivity contribution < 1.29 is 23.2 Å². The van der Waals surface area contributed by atoms with Crippen LogP contribution in [-0.2, 0) is 24.3 Å². The molecule has 0 unspecified atom stereocenters. The van der Waals surface area contributed by atoms with Crippen LogP contribution in [0.5, 0.6) is 5.75 Å². The first-order valence-corrected chi connectivity index (χ1v) is 8.49. The van der Waals surface area contributed by atoms with Crippen molar-refractivity contribution in [2.75, 3.05) is 19.5 Å². The molecule has 0 aliphatic heterocycles. The molecule has 11 heteroatoms. The Morgan fingerprint density at radius 2 is 2.07 bits per heavy atom.